The molecule has 134 valence electrons. The molecule has 2 aliphatic rings. The Kier molecular flexibility index (Phi) is 5.89. The molecule has 0 radical (unpaired) electrons. The van der Waals surface area contributed by atoms with Gasteiger partial charge in [-0.3, -0.25) is 14.6 Å². The van der Waals surface area contributed by atoms with Gasteiger partial charge in [0.1, 0.15) is 0 Å². The van der Waals surface area contributed by atoms with Crippen molar-refractivity contribution in [1.29, 1.82) is 0 Å². The molecule has 0 atom stereocenters. The van der Waals surface area contributed by atoms with E-state index in [2.05, 4.69) is 15.0 Å². The van der Waals surface area contributed by atoms with Crippen LogP contribution in [0.3, 0.4) is 0 Å². The Balaban J connectivity index is 1.40. The van der Waals surface area contributed by atoms with Gasteiger partial charge in [0, 0.05) is 45.3 Å². The zero-order valence-electron chi connectivity index (χ0n) is 15.0. The van der Waals surface area contributed by atoms with Crippen molar-refractivity contribution in [2.75, 3.05) is 39.8 Å². The minimum atomic E-state index is 0.279. The van der Waals surface area contributed by atoms with Crippen LogP contribution in [0.4, 0.5) is 0 Å². The highest BCUT2D eigenvalue weighted by molar-refractivity contribution is 5.78. The zero-order valence-corrected chi connectivity index (χ0v) is 15.0. The maximum absolute atomic E-state index is 12.5. The van der Waals surface area contributed by atoms with Crippen molar-refractivity contribution in [3.05, 3.63) is 17.5 Å². The number of rotatable bonds is 5. The maximum atomic E-state index is 12.5. The fraction of sp³-hybridized carbons (Fsp3) is 0.778. The number of aryl methyl sites for hydroxylation is 1. The Hall–Kier alpha value is -1.40. The summed E-state index contributed by atoms with van der Waals surface area (Å²) in [6.45, 7) is 7.14. The first-order valence-electron chi connectivity index (χ1n) is 9.24. The van der Waals surface area contributed by atoms with Crippen LogP contribution in [-0.4, -0.2) is 71.6 Å². The van der Waals surface area contributed by atoms with E-state index in [1.807, 2.05) is 24.9 Å². The lowest BCUT2D eigenvalue weighted by Crippen LogP contribution is -2.50. The summed E-state index contributed by atoms with van der Waals surface area (Å²) in [7, 11) is 1.99. The molecule has 0 spiro atoms. The number of nitrogens with zero attached hydrogens (tertiary/aromatic N) is 4. The van der Waals surface area contributed by atoms with Gasteiger partial charge in [-0.2, -0.15) is 0 Å². The normalized spacial score (nSPS) is 21.1. The third-order valence-corrected chi connectivity index (χ3v) is 5.40. The number of piperazine rings is 1. The molecule has 0 bridgehead atoms. The molecular weight excluding hydrogens is 304 g/mol. The fourth-order valence-corrected chi connectivity index (χ4v) is 3.79. The standard InChI is InChI=1S/C18H30N4O2/c1-15-12-17(24-19-15)13-21-8-10-22(11-9-21)14-18(23)20(2)16-6-4-3-5-7-16/h12,16H,3-11,13-14H2,1-2H3. The van der Waals surface area contributed by atoms with Crippen molar-refractivity contribution in [2.45, 2.75) is 51.6 Å². The summed E-state index contributed by atoms with van der Waals surface area (Å²) < 4.78 is 5.29. The highest BCUT2D eigenvalue weighted by atomic mass is 16.5. The molecule has 0 N–H and O–H groups in total. The number of likely N-dealkylation sites (N-methyl/N-ethyl adjacent to an activating group) is 1. The predicted octanol–water partition coefficient (Wildman–Crippen LogP) is 1.89. The lowest BCUT2D eigenvalue weighted by molar-refractivity contribution is -0.134. The molecule has 1 saturated carbocycles. The van der Waals surface area contributed by atoms with Crippen molar-refractivity contribution >= 4 is 5.91 Å². The van der Waals surface area contributed by atoms with E-state index in [0.29, 0.717) is 12.6 Å². The summed E-state index contributed by atoms with van der Waals surface area (Å²) in [5.41, 5.74) is 0.931. The van der Waals surface area contributed by atoms with Gasteiger partial charge in [-0.05, 0) is 19.8 Å². The summed E-state index contributed by atoms with van der Waals surface area (Å²) in [4.78, 5) is 19.2. The van der Waals surface area contributed by atoms with Crippen LogP contribution in [0.15, 0.2) is 10.6 Å². The molecule has 1 saturated heterocycles. The fourth-order valence-electron chi connectivity index (χ4n) is 3.79. The van der Waals surface area contributed by atoms with E-state index in [4.69, 9.17) is 4.52 Å². The first-order chi connectivity index (χ1) is 11.6. The van der Waals surface area contributed by atoms with Gasteiger partial charge in [0.25, 0.3) is 0 Å². The lowest BCUT2D eigenvalue weighted by atomic mass is 9.94. The summed E-state index contributed by atoms with van der Waals surface area (Å²) in [6.07, 6.45) is 6.20. The van der Waals surface area contributed by atoms with Crippen LogP contribution in [-0.2, 0) is 11.3 Å². The molecule has 6 nitrogen and oxygen atoms in total. The molecule has 1 aromatic rings. The van der Waals surface area contributed by atoms with Gasteiger partial charge in [-0.15, -0.1) is 0 Å². The summed E-state index contributed by atoms with van der Waals surface area (Å²) in [6, 6.07) is 2.46. The van der Waals surface area contributed by atoms with Crippen LogP contribution < -0.4 is 0 Å². The molecule has 1 amide bonds. The minimum absolute atomic E-state index is 0.279. The predicted molar refractivity (Wildman–Crippen MR) is 92.6 cm³/mol. The van der Waals surface area contributed by atoms with Crippen molar-refractivity contribution in [3.8, 4) is 0 Å². The second-order valence-electron chi connectivity index (χ2n) is 7.28. The Labute approximate surface area is 144 Å². The van der Waals surface area contributed by atoms with Crippen LogP contribution in [0.2, 0.25) is 0 Å². The molecular formula is C18H30N4O2. The van der Waals surface area contributed by atoms with Crippen LogP contribution in [0.25, 0.3) is 0 Å². The Morgan fingerprint density at radius 3 is 2.50 bits per heavy atom. The number of hydrogen-bond acceptors (Lipinski definition) is 5. The first-order valence-corrected chi connectivity index (χ1v) is 9.24. The van der Waals surface area contributed by atoms with Gasteiger partial charge in [0.2, 0.25) is 5.91 Å². The average molecular weight is 334 g/mol. The Bertz CT molecular complexity index is 531. The highest BCUT2D eigenvalue weighted by Gasteiger charge is 2.25. The minimum Gasteiger partial charge on any atom is -0.360 e. The van der Waals surface area contributed by atoms with E-state index < -0.39 is 0 Å². The van der Waals surface area contributed by atoms with E-state index >= 15 is 0 Å². The van der Waals surface area contributed by atoms with Gasteiger partial charge < -0.3 is 9.42 Å². The van der Waals surface area contributed by atoms with Gasteiger partial charge in [-0.25, -0.2) is 0 Å². The molecule has 2 fully saturated rings. The monoisotopic (exact) mass is 334 g/mol. The summed E-state index contributed by atoms with van der Waals surface area (Å²) in [5.74, 6) is 1.20. The van der Waals surface area contributed by atoms with Crippen LogP contribution in [0.1, 0.15) is 43.6 Å². The summed E-state index contributed by atoms with van der Waals surface area (Å²) >= 11 is 0. The number of carbonyl (C=O) groups excluding carboxylic acids is 1. The topological polar surface area (TPSA) is 52.8 Å². The SMILES string of the molecule is Cc1cc(CN2CCN(CC(=O)N(C)C3CCCCC3)CC2)on1. The quantitative estimate of drug-likeness (QED) is 0.823. The number of aromatic nitrogens is 1. The van der Waals surface area contributed by atoms with Gasteiger partial charge >= 0.3 is 0 Å². The average Bonchev–Trinajstić information content (AvgIpc) is 3.01. The highest BCUT2D eigenvalue weighted by Crippen LogP contribution is 2.21. The molecule has 3 rings (SSSR count). The molecule has 2 heterocycles. The molecule has 1 aromatic heterocycles. The largest absolute Gasteiger partial charge is 0.360 e. The third kappa shape index (κ3) is 4.57. The van der Waals surface area contributed by atoms with Crippen molar-refractivity contribution in [2.24, 2.45) is 0 Å². The first kappa shape index (κ1) is 17.4. The van der Waals surface area contributed by atoms with Crippen molar-refractivity contribution < 1.29 is 9.32 Å². The molecule has 0 aromatic carbocycles. The smallest absolute Gasteiger partial charge is 0.236 e. The molecule has 1 aliphatic carbocycles. The Morgan fingerprint density at radius 2 is 1.88 bits per heavy atom. The van der Waals surface area contributed by atoms with Gasteiger partial charge in [0.05, 0.1) is 18.8 Å². The van der Waals surface area contributed by atoms with E-state index in [-0.39, 0.29) is 5.91 Å². The van der Waals surface area contributed by atoms with E-state index in [9.17, 15) is 4.79 Å². The maximum Gasteiger partial charge on any atom is 0.236 e. The lowest BCUT2D eigenvalue weighted by Gasteiger charge is -2.36. The number of hydrogen-bond donors (Lipinski definition) is 0. The van der Waals surface area contributed by atoms with E-state index in [1.54, 1.807) is 0 Å². The molecule has 1 aliphatic heterocycles. The molecule has 0 unspecified atom stereocenters. The number of carbonyl (C=O) groups is 1. The summed E-state index contributed by atoms with van der Waals surface area (Å²) in [5, 5.41) is 3.94. The molecule has 6 heteroatoms. The van der Waals surface area contributed by atoms with Crippen LogP contribution in [0, 0.1) is 6.92 Å². The van der Waals surface area contributed by atoms with Gasteiger partial charge in [0.15, 0.2) is 5.76 Å². The molecule has 24 heavy (non-hydrogen) atoms. The van der Waals surface area contributed by atoms with Gasteiger partial charge in [-0.1, -0.05) is 24.4 Å². The zero-order chi connectivity index (χ0) is 16.9. The third-order valence-electron chi connectivity index (χ3n) is 5.40. The van der Waals surface area contributed by atoms with Crippen molar-refractivity contribution in [1.82, 2.24) is 19.9 Å². The number of amides is 1. The second-order valence-corrected chi connectivity index (χ2v) is 7.28. The Morgan fingerprint density at radius 1 is 1.21 bits per heavy atom. The van der Waals surface area contributed by atoms with Crippen LogP contribution in [0.5, 0.6) is 0 Å². The van der Waals surface area contributed by atoms with Crippen LogP contribution >= 0.6 is 0 Å². The van der Waals surface area contributed by atoms with E-state index in [1.165, 1.54) is 32.1 Å². The second kappa shape index (κ2) is 8.12. The van der Waals surface area contributed by atoms with E-state index in [0.717, 1.165) is 44.2 Å². The van der Waals surface area contributed by atoms with Crippen molar-refractivity contribution in [3.63, 3.8) is 0 Å².